The fraction of sp³-hybridized carbons (Fsp3) is 0.118. The smallest absolute Gasteiger partial charge is 0.294 e. The molecule has 0 atom stereocenters. The summed E-state index contributed by atoms with van der Waals surface area (Å²) in [6.07, 6.45) is 0. The molecule has 22 heavy (non-hydrogen) atoms. The molecule has 0 spiro atoms. The lowest BCUT2D eigenvalue weighted by Gasteiger charge is -2.06. The molecule has 3 rings (SSSR count). The summed E-state index contributed by atoms with van der Waals surface area (Å²) >= 11 is 0. The summed E-state index contributed by atoms with van der Waals surface area (Å²) in [5.74, 6) is -0.178. The number of aromatic nitrogens is 2. The van der Waals surface area contributed by atoms with Crippen molar-refractivity contribution in [3.63, 3.8) is 0 Å². The topological polar surface area (TPSA) is 68.0 Å². The van der Waals surface area contributed by atoms with Gasteiger partial charge < -0.3 is 9.84 Å². The van der Waals surface area contributed by atoms with Crippen molar-refractivity contribution in [3.8, 4) is 11.3 Å². The van der Waals surface area contributed by atoms with Gasteiger partial charge in [-0.15, -0.1) is 0 Å². The number of pyridine rings is 1. The second kappa shape index (κ2) is 5.81. The standard InChI is InChI=1S/C17H15N3O2/c1-11-8-9-14(12(2)18-11)19-17(21)16-10-15(20-22-16)13-6-4-3-5-7-13/h3-10H,1-2H3,(H,19,21). The number of carbonyl (C=O) groups excluding carboxylic acids is 1. The summed E-state index contributed by atoms with van der Waals surface area (Å²) in [6.45, 7) is 3.75. The maximum absolute atomic E-state index is 12.2. The van der Waals surface area contributed by atoms with Crippen LogP contribution in [-0.4, -0.2) is 16.0 Å². The van der Waals surface area contributed by atoms with E-state index in [1.165, 1.54) is 0 Å². The number of nitrogens with one attached hydrogen (secondary N) is 1. The van der Waals surface area contributed by atoms with Crippen LogP contribution in [0, 0.1) is 13.8 Å². The number of anilines is 1. The highest BCUT2D eigenvalue weighted by Crippen LogP contribution is 2.20. The Hall–Kier alpha value is -2.95. The highest BCUT2D eigenvalue weighted by atomic mass is 16.5. The van der Waals surface area contributed by atoms with Crippen LogP contribution in [0.25, 0.3) is 11.3 Å². The highest BCUT2D eigenvalue weighted by molar-refractivity contribution is 6.03. The van der Waals surface area contributed by atoms with E-state index in [0.29, 0.717) is 11.4 Å². The third-order valence-corrected chi connectivity index (χ3v) is 3.28. The van der Waals surface area contributed by atoms with E-state index in [-0.39, 0.29) is 11.7 Å². The van der Waals surface area contributed by atoms with Crippen molar-refractivity contribution in [1.82, 2.24) is 10.1 Å². The molecule has 1 N–H and O–H groups in total. The van der Waals surface area contributed by atoms with Gasteiger partial charge in [0, 0.05) is 17.3 Å². The van der Waals surface area contributed by atoms with Crippen molar-refractivity contribution < 1.29 is 9.32 Å². The minimum absolute atomic E-state index is 0.166. The molecule has 2 heterocycles. The predicted octanol–water partition coefficient (Wildman–Crippen LogP) is 3.61. The first-order valence-electron chi connectivity index (χ1n) is 6.91. The van der Waals surface area contributed by atoms with E-state index in [2.05, 4.69) is 15.5 Å². The summed E-state index contributed by atoms with van der Waals surface area (Å²) in [7, 11) is 0. The Morgan fingerprint density at radius 2 is 1.86 bits per heavy atom. The number of hydrogen-bond donors (Lipinski definition) is 1. The third-order valence-electron chi connectivity index (χ3n) is 3.28. The molecule has 0 radical (unpaired) electrons. The first-order chi connectivity index (χ1) is 10.6. The van der Waals surface area contributed by atoms with Gasteiger partial charge in [0.15, 0.2) is 0 Å². The van der Waals surface area contributed by atoms with Crippen LogP contribution in [0.4, 0.5) is 5.69 Å². The van der Waals surface area contributed by atoms with Gasteiger partial charge in [0.2, 0.25) is 5.76 Å². The number of hydrogen-bond acceptors (Lipinski definition) is 4. The number of rotatable bonds is 3. The lowest BCUT2D eigenvalue weighted by Crippen LogP contribution is -2.12. The zero-order chi connectivity index (χ0) is 15.5. The van der Waals surface area contributed by atoms with Crippen molar-refractivity contribution in [2.45, 2.75) is 13.8 Å². The summed E-state index contributed by atoms with van der Waals surface area (Å²) in [5.41, 5.74) is 3.86. The molecule has 0 unspecified atom stereocenters. The quantitative estimate of drug-likeness (QED) is 0.801. The van der Waals surface area contributed by atoms with Crippen molar-refractivity contribution in [2.75, 3.05) is 5.32 Å². The Morgan fingerprint density at radius 3 is 2.59 bits per heavy atom. The molecule has 0 saturated heterocycles. The van der Waals surface area contributed by atoms with Crippen LogP contribution in [0.2, 0.25) is 0 Å². The zero-order valence-electron chi connectivity index (χ0n) is 12.3. The van der Waals surface area contributed by atoms with Gasteiger partial charge >= 0.3 is 0 Å². The predicted molar refractivity (Wildman–Crippen MR) is 83.6 cm³/mol. The molecule has 2 aromatic heterocycles. The molecule has 0 aliphatic rings. The zero-order valence-corrected chi connectivity index (χ0v) is 12.3. The van der Waals surface area contributed by atoms with E-state index in [0.717, 1.165) is 17.0 Å². The van der Waals surface area contributed by atoms with E-state index < -0.39 is 0 Å². The Labute approximate surface area is 128 Å². The third kappa shape index (κ3) is 2.88. The average Bonchev–Trinajstić information content (AvgIpc) is 3.01. The lowest BCUT2D eigenvalue weighted by atomic mass is 10.1. The summed E-state index contributed by atoms with van der Waals surface area (Å²) in [4.78, 5) is 16.5. The second-order valence-corrected chi connectivity index (χ2v) is 4.98. The molecule has 0 aliphatic carbocycles. The minimum Gasteiger partial charge on any atom is -0.350 e. The highest BCUT2D eigenvalue weighted by Gasteiger charge is 2.15. The largest absolute Gasteiger partial charge is 0.350 e. The summed E-state index contributed by atoms with van der Waals surface area (Å²) < 4.78 is 5.13. The molecular weight excluding hydrogens is 278 g/mol. The summed E-state index contributed by atoms with van der Waals surface area (Å²) in [5, 5.41) is 6.72. The molecule has 110 valence electrons. The molecule has 0 saturated carbocycles. The van der Waals surface area contributed by atoms with Gasteiger partial charge in [0.25, 0.3) is 5.91 Å². The van der Waals surface area contributed by atoms with Crippen LogP contribution in [-0.2, 0) is 0 Å². The van der Waals surface area contributed by atoms with Gasteiger partial charge in [-0.3, -0.25) is 9.78 Å². The fourth-order valence-electron chi connectivity index (χ4n) is 2.13. The average molecular weight is 293 g/mol. The first-order valence-corrected chi connectivity index (χ1v) is 6.91. The normalized spacial score (nSPS) is 10.5. The van der Waals surface area contributed by atoms with Crippen LogP contribution in [0.5, 0.6) is 0 Å². The van der Waals surface area contributed by atoms with E-state index in [9.17, 15) is 4.79 Å². The van der Waals surface area contributed by atoms with Gasteiger partial charge in [-0.2, -0.15) is 0 Å². The molecule has 1 aromatic carbocycles. The lowest BCUT2D eigenvalue weighted by molar-refractivity contribution is 0.0988. The van der Waals surface area contributed by atoms with E-state index >= 15 is 0 Å². The van der Waals surface area contributed by atoms with Crippen LogP contribution < -0.4 is 5.32 Å². The Kier molecular flexibility index (Phi) is 3.70. The number of carbonyl (C=O) groups is 1. The van der Waals surface area contributed by atoms with E-state index in [4.69, 9.17) is 4.52 Å². The molecule has 5 nitrogen and oxygen atoms in total. The minimum atomic E-state index is -0.344. The second-order valence-electron chi connectivity index (χ2n) is 4.98. The van der Waals surface area contributed by atoms with Crippen molar-refractivity contribution >= 4 is 11.6 Å². The number of benzene rings is 1. The van der Waals surface area contributed by atoms with Crippen LogP contribution in [0.3, 0.4) is 0 Å². The Balaban J connectivity index is 1.80. The first kappa shape index (κ1) is 14.0. The van der Waals surface area contributed by atoms with Crippen LogP contribution in [0.1, 0.15) is 21.9 Å². The van der Waals surface area contributed by atoms with Gasteiger partial charge in [0.05, 0.1) is 11.4 Å². The van der Waals surface area contributed by atoms with Gasteiger partial charge in [-0.05, 0) is 26.0 Å². The molecule has 0 bridgehead atoms. The Morgan fingerprint density at radius 1 is 1.09 bits per heavy atom. The Bertz CT molecular complexity index is 810. The maximum atomic E-state index is 12.2. The monoisotopic (exact) mass is 293 g/mol. The van der Waals surface area contributed by atoms with Crippen molar-refractivity contribution in [1.29, 1.82) is 0 Å². The molecular formula is C17H15N3O2. The fourth-order valence-corrected chi connectivity index (χ4v) is 2.13. The number of amides is 1. The van der Waals surface area contributed by atoms with E-state index in [1.54, 1.807) is 6.07 Å². The van der Waals surface area contributed by atoms with Crippen molar-refractivity contribution in [2.24, 2.45) is 0 Å². The van der Waals surface area contributed by atoms with E-state index in [1.807, 2.05) is 56.3 Å². The molecule has 0 fully saturated rings. The number of aryl methyl sites for hydroxylation is 2. The van der Waals surface area contributed by atoms with Crippen molar-refractivity contribution in [3.05, 3.63) is 65.7 Å². The van der Waals surface area contributed by atoms with Crippen LogP contribution >= 0.6 is 0 Å². The SMILES string of the molecule is Cc1ccc(NC(=O)c2cc(-c3ccccc3)no2)c(C)n1. The molecule has 5 heteroatoms. The van der Waals surface area contributed by atoms with Crippen LogP contribution in [0.15, 0.2) is 53.1 Å². The maximum Gasteiger partial charge on any atom is 0.294 e. The van der Waals surface area contributed by atoms with Gasteiger partial charge in [-0.1, -0.05) is 35.5 Å². The van der Waals surface area contributed by atoms with Gasteiger partial charge in [-0.25, -0.2) is 0 Å². The number of nitrogens with zero attached hydrogens (tertiary/aromatic N) is 2. The molecule has 1 amide bonds. The molecule has 3 aromatic rings. The summed E-state index contributed by atoms with van der Waals surface area (Å²) in [6, 6.07) is 14.9. The molecule has 0 aliphatic heterocycles. The van der Waals surface area contributed by atoms with Gasteiger partial charge in [0.1, 0.15) is 5.69 Å².